The monoisotopic (exact) mass is 274 g/mol. The van der Waals surface area contributed by atoms with Gasteiger partial charge in [-0.25, -0.2) is 4.39 Å². The van der Waals surface area contributed by atoms with Crippen molar-refractivity contribution in [2.45, 2.75) is 13.0 Å². The van der Waals surface area contributed by atoms with E-state index in [1.54, 1.807) is 42.5 Å². The first-order valence-corrected chi connectivity index (χ1v) is 6.27. The van der Waals surface area contributed by atoms with Crippen molar-refractivity contribution >= 4 is 5.78 Å². The lowest BCUT2D eigenvalue weighted by molar-refractivity contribution is -0.120. The minimum atomic E-state index is -0.381. The van der Waals surface area contributed by atoms with Crippen molar-refractivity contribution in [1.29, 1.82) is 0 Å². The standard InChI is InChI=1S/C16H15FO3/c17-16-4-2-1-3-13(16)9-14(19)11-20-15-7-5-12(10-18)6-8-15/h1-8,18H,9-11H2. The van der Waals surface area contributed by atoms with Crippen molar-refractivity contribution in [3.05, 3.63) is 65.5 Å². The second-order valence-corrected chi connectivity index (χ2v) is 4.40. The lowest BCUT2D eigenvalue weighted by Gasteiger charge is -2.06. The molecule has 0 amide bonds. The molecule has 2 aromatic carbocycles. The van der Waals surface area contributed by atoms with Crippen LogP contribution >= 0.6 is 0 Å². The summed E-state index contributed by atoms with van der Waals surface area (Å²) in [4.78, 5) is 11.7. The Bertz CT molecular complexity index is 579. The van der Waals surface area contributed by atoms with Crippen LogP contribution in [0.25, 0.3) is 0 Å². The molecule has 0 atom stereocenters. The molecule has 3 nitrogen and oxygen atoms in total. The summed E-state index contributed by atoms with van der Waals surface area (Å²) in [5.41, 5.74) is 1.15. The van der Waals surface area contributed by atoms with Crippen LogP contribution in [0.3, 0.4) is 0 Å². The normalized spacial score (nSPS) is 10.3. The molecule has 2 aromatic rings. The third-order valence-electron chi connectivity index (χ3n) is 2.85. The molecule has 0 spiro atoms. The lowest BCUT2D eigenvalue weighted by atomic mass is 10.1. The minimum Gasteiger partial charge on any atom is -0.486 e. The number of benzene rings is 2. The van der Waals surface area contributed by atoms with Crippen LogP contribution in [-0.4, -0.2) is 17.5 Å². The molecule has 1 N–H and O–H groups in total. The Labute approximate surface area is 116 Å². The lowest BCUT2D eigenvalue weighted by Crippen LogP contribution is -2.14. The Balaban J connectivity index is 1.87. The van der Waals surface area contributed by atoms with Crippen molar-refractivity contribution in [3.63, 3.8) is 0 Å². The number of halogens is 1. The van der Waals surface area contributed by atoms with Gasteiger partial charge in [0.05, 0.1) is 6.61 Å². The van der Waals surface area contributed by atoms with Gasteiger partial charge >= 0.3 is 0 Å². The van der Waals surface area contributed by atoms with Crippen molar-refractivity contribution in [3.8, 4) is 5.75 Å². The largest absolute Gasteiger partial charge is 0.486 e. The highest BCUT2D eigenvalue weighted by Crippen LogP contribution is 2.13. The van der Waals surface area contributed by atoms with Crippen molar-refractivity contribution in [2.75, 3.05) is 6.61 Å². The Kier molecular flexibility index (Phi) is 4.85. The van der Waals surface area contributed by atoms with E-state index in [0.29, 0.717) is 11.3 Å². The number of Topliss-reactive ketones (excluding diaryl/α,β-unsaturated/α-hetero) is 1. The molecule has 104 valence electrons. The molecule has 2 rings (SSSR count). The van der Waals surface area contributed by atoms with E-state index < -0.39 is 0 Å². The minimum absolute atomic E-state index is 0.0153. The first kappa shape index (κ1) is 14.2. The predicted molar refractivity (Wildman–Crippen MR) is 73.0 cm³/mol. The fourth-order valence-corrected chi connectivity index (χ4v) is 1.76. The predicted octanol–water partition coefficient (Wildman–Crippen LogP) is 2.51. The molecule has 0 radical (unpaired) electrons. The van der Waals surface area contributed by atoms with Crippen LogP contribution in [0.1, 0.15) is 11.1 Å². The van der Waals surface area contributed by atoms with Crippen LogP contribution in [0.2, 0.25) is 0 Å². The number of carbonyl (C=O) groups excluding carboxylic acids is 1. The molecule has 0 saturated heterocycles. The van der Waals surface area contributed by atoms with Gasteiger partial charge in [-0.15, -0.1) is 0 Å². The molecule has 0 bridgehead atoms. The maximum atomic E-state index is 13.4. The van der Waals surface area contributed by atoms with Gasteiger partial charge in [-0.1, -0.05) is 30.3 Å². The molecule has 0 heterocycles. The summed E-state index contributed by atoms with van der Waals surface area (Å²) in [6.07, 6.45) is 0.0153. The smallest absolute Gasteiger partial charge is 0.174 e. The van der Waals surface area contributed by atoms with E-state index in [1.807, 2.05) is 0 Å². The first-order chi connectivity index (χ1) is 9.69. The fourth-order valence-electron chi connectivity index (χ4n) is 1.76. The highest BCUT2D eigenvalue weighted by molar-refractivity contribution is 5.82. The zero-order valence-electron chi connectivity index (χ0n) is 10.9. The number of ether oxygens (including phenoxy) is 1. The van der Waals surface area contributed by atoms with E-state index in [9.17, 15) is 9.18 Å². The number of aliphatic hydroxyl groups excluding tert-OH is 1. The molecular formula is C16H15FO3. The van der Waals surface area contributed by atoms with Crippen molar-refractivity contribution < 1.29 is 19.0 Å². The molecule has 0 aliphatic rings. The highest BCUT2D eigenvalue weighted by atomic mass is 19.1. The third kappa shape index (κ3) is 3.90. The first-order valence-electron chi connectivity index (χ1n) is 6.27. The molecule has 0 aliphatic heterocycles. The molecule has 0 unspecified atom stereocenters. The zero-order chi connectivity index (χ0) is 14.4. The molecule has 4 heteroatoms. The quantitative estimate of drug-likeness (QED) is 0.880. The maximum Gasteiger partial charge on any atom is 0.174 e. The van der Waals surface area contributed by atoms with E-state index in [4.69, 9.17) is 9.84 Å². The number of hydrogen-bond donors (Lipinski definition) is 1. The molecule has 0 saturated carbocycles. The van der Waals surface area contributed by atoms with E-state index in [0.717, 1.165) is 5.56 Å². The second-order valence-electron chi connectivity index (χ2n) is 4.40. The summed E-state index contributed by atoms with van der Waals surface area (Å²) in [7, 11) is 0. The number of rotatable bonds is 6. The van der Waals surface area contributed by atoms with E-state index in [1.165, 1.54) is 6.07 Å². The Morgan fingerprint density at radius 2 is 1.80 bits per heavy atom. The van der Waals surface area contributed by atoms with Gasteiger partial charge in [-0.3, -0.25) is 4.79 Å². The molecule has 0 aliphatic carbocycles. The summed E-state index contributed by atoms with van der Waals surface area (Å²) in [6, 6.07) is 13.0. The average Bonchev–Trinajstić information content (AvgIpc) is 2.48. The summed E-state index contributed by atoms with van der Waals surface area (Å²) in [6.45, 7) is -0.140. The van der Waals surface area contributed by atoms with Crippen LogP contribution in [0.15, 0.2) is 48.5 Å². The summed E-state index contributed by atoms with van der Waals surface area (Å²) < 4.78 is 18.7. The van der Waals surface area contributed by atoms with Gasteiger partial charge in [0.1, 0.15) is 18.2 Å². The number of ketones is 1. The van der Waals surface area contributed by atoms with Gasteiger partial charge in [-0.2, -0.15) is 0 Å². The summed E-state index contributed by atoms with van der Waals surface area (Å²) >= 11 is 0. The zero-order valence-corrected chi connectivity index (χ0v) is 10.9. The molecular weight excluding hydrogens is 259 g/mol. The highest BCUT2D eigenvalue weighted by Gasteiger charge is 2.08. The molecule has 0 fully saturated rings. The summed E-state index contributed by atoms with van der Waals surface area (Å²) in [5, 5.41) is 8.91. The van der Waals surface area contributed by atoms with E-state index in [-0.39, 0.29) is 31.2 Å². The SMILES string of the molecule is O=C(COc1ccc(CO)cc1)Cc1ccccc1F. The van der Waals surface area contributed by atoms with Crippen LogP contribution in [0.4, 0.5) is 4.39 Å². The van der Waals surface area contributed by atoms with Crippen LogP contribution in [-0.2, 0) is 17.8 Å². The maximum absolute atomic E-state index is 13.4. The number of aliphatic hydroxyl groups is 1. The van der Waals surface area contributed by atoms with Gasteiger partial charge in [-0.05, 0) is 29.3 Å². The van der Waals surface area contributed by atoms with Gasteiger partial charge in [0.15, 0.2) is 5.78 Å². The van der Waals surface area contributed by atoms with Gasteiger partial charge in [0.25, 0.3) is 0 Å². The van der Waals surface area contributed by atoms with Crippen LogP contribution < -0.4 is 4.74 Å². The summed E-state index contributed by atoms with van der Waals surface area (Å²) in [5.74, 6) is -0.0291. The van der Waals surface area contributed by atoms with E-state index in [2.05, 4.69) is 0 Å². The molecule has 20 heavy (non-hydrogen) atoms. The van der Waals surface area contributed by atoms with E-state index >= 15 is 0 Å². The van der Waals surface area contributed by atoms with Gasteiger partial charge in [0.2, 0.25) is 0 Å². The van der Waals surface area contributed by atoms with Gasteiger partial charge in [0, 0.05) is 6.42 Å². The fraction of sp³-hybridized carbons (Fsp3) is 0.188. The topological polar surface area (TPSA) is 46.5 Å². The Morgan fingerprint density at radius 3 is 2.45 bits per heavy atom. The van der Waals surface area contributed by atoms with Crippen LogP contribution in [0.5, 0.6) is 5.75 Å². The third-order valence-corrected chi connectivity index (χ3v) is 2.85. The Morgan fingerprint density at radius 1 is 1.10 bits per heavy atom. The number of carbonyl (C=O) groups is 1. The van der Waals surface area contributed by atoms with Crippen LogP contribution in [0, 0.1) is 5.82 Å². The van der Waals surface area contributed by atoms with Crippen molar-refractivity contribution in [2.24, 2.45) is 0 Å². The average molecular weight is 274 g/mol. The second kappa shape index (κ2) is 6.82. The Hall–Kier alpha value is -2.20. The van der Waals surface area contributed by atoms with Gasteiger partial charge < -0.3 is 9.84 Å². The van der Waals surface area contributed by atoms with Crippen molar-refractivity contribution in [1.82, 2.24) is 0 Å². The molecule has 0 aromatic heterocycles. The number of hydrogen-bond acceptors (Lipinski definition) is 3.